The topological polar surface area (TPSA) is 75.8 Å². The van der Waals surface area contributed by atoms with Crippen molar-refractivity contribution in [1.29, 1.82) is 0 Å². The number of hydrogen-bond acceptors (Lipinski definition) is 4. The Labute approximate surface area is 331 Å². The van der Waals surface area contributed by atoms with Gasteiger partial charge in [0.25, 0.3) is 0 Å². The number of nitrogens with zero attached hydrogens (tertiary/aromatic N) is 2. The molecule has 0 saturated heterocycles. The third-order valence-electron chi connectivity index (χ3n) is 10.7. The second-order valence-corrected chi connectivity index (χ2v) is 20.6. The first-order chi connectivity index (χ1) is 27.1. The summed E-state index contributed by atoms with van der Waals surface area (Å²) in [6.07, 6.45) is 19.3. The SMILES string of the molecule is C#CCOc1cccc(OCC#C)c1-c1c2nc(cc3ccc([nH]3)c(-c3ccc(C#C[Si](C(C)C)(C(C)C)C(C)C)cc3)c3nc(cc4ccc1[nH]4)C=C3)C=C2. The van der Waals surface area contributed by atoms with E-state index in [1.807, 2.05) is 60.7 Å². The van der Waals surface area contributed by atoms with Crippen LogP contribution in [0.15, 0.2) is 78.9 Å². The summed E-state index contributed by atoms with van der Waals surface area (Å²) in [5, 5.41) is 0. The van der Waals surface area contributed by atoms with Crippen molar-refractivity contribution in [2.24, 2.45) is 0 Å². The van der Waals surface area contributed by atoms with Crippen LogP contribution in [0.1, 0.15) is 69.9 Å². The number of nitrogens with one attached hydrogen (secondary N) is 2. The van der Waals surface area contributed by atoms with E-state index in [0.29, 0.717) is 33.7 Å². The van der Waals surface area contributed by atoms with Crippen LogP contribution < -0.4 is 9.47 Å². The van der Waals surface area contributed by atoms with Crippen LogP contribution in [0.4, 0.5) is 0 Å². The number of H-pyrrole nitrogens is 2. The van der Waals surface area contributed by atoms with Gasteiger partial charge >= 0.3 is 0 Å². The van der Waals surface area contributed by atoms with Gasteiger partial charge in [-0.05, 0) is 107 Å². The Bertz CT molecular complexity index is 2610. The molecule has 2 aliphatic rings. The van der Waals surface area contributed by atoms with E-state index < -0.39 is 8.07 Å². The zero-order chi connectivity index (χ0) is 39.4. The summed E-state index contributed by atoms with van der Waals surface area (Å²) in [4.78, 5) is 17.5. The molecule has 5 heterocycles. The van der Waals surface area contributed by atoms with Gasteiger partial charge in [-0.15, -0.1) is 18.4 Å². The summed E-state index contributed by atoms with van der Waals surface area (Å²) in [5.41, 5.74) is 16.9. The lowest BCUT2D eigenvalue weighted by Gasteiger charge is -2.38. The maximum Gasteiger partial charge on any atom is 0.148 e. The fraction of sp³-hybridized carbons (Fsp3) is 0.224. The smallest absolute Gasteiger partial charge is 0.148 e. The zero-order valence-corrected chi connectivity index (χ0v) is 33.8. The van der Waals surface area contributed by atoms with Crippen molar-refractivity contribution < 1.29 is 9.47 Å². The van der Waals surface area contributed by atoms with E-state index in [1.54, 1.807) is 0 Å². The van der Waals surface area contributed by atoms with Gasteiger partial charge in [-0.25, -0.2) is 9.97 Å². The highest BCUT2D eigenvalue weighted by Gasteiger charge is 2.41. The van der Waals surface area contributed by atoms with Crippen molar-refractivity contribution in [1.82, 2.24) is 19.9 Å². The predicted molar refractivity (Wildman–Crippen MR) is 236 cm³/mol. The lowest BCUT2D eigenvalue weighted by Crippen LogP contribution is -2.43. The number of rotatable bonds is 9. The van der Waals surface area contributed by atoms with Crippen LogP contribution in [0, 0.1) is 36.2 Å². The summed E-state index contributed by atoms with van der Waals surface area (Å²) in [6.45, 7) is 14.3. The maximum atomic E-state index is 6.07. The molecule has 0 atom stereocenters. The van der Waals surface area contributed by atoms with Gasteiger partial charge in [-0.3, -0.25) is 0 Å². The number of fused-ring (bicyclic) bond motifs is 8. The molecule has 2 aliphatic heterocycles. The quantitative estimate of drug-likeness (QED) is 0.114. The van der Waals surface area contributed by atoms with Crippen molar-refractivity contribution in [3.63, 3.8) is 0 Å². The molecule has 0 amide bonds. The highest BCUT2D eigenvalue weighted by atomic mass is 28.3. The van der Waals surface area contributed by atoms with Crippen molar-refractivity contribution in [2.75, 3.05) is 13.2 Å². The number of benzene rings is 2. The fourth-order valence-corrected chi connectivity index (χ4v) is 13.4. The average Bonchev–Trinajstić information content (AvgIpc) is 4.01. The van der Waals surface area contributed by atoms with Crippen LogP contribution in [0.25, 0.3) is 68.6 Å². The molecule has 0 radical (unpaired) electrons. The van der Waals surface area contributed by atoms with Gasteiger partial charge in [-0.2, -0.15) is 0 Å². The van der Waals surface area contributed by atoms with E-state index in [0.717, 1.165) is 67.1 Å². The molecular weight excluding hydrogens is 705 g/mol. The summed E-state index contributed by atoms with van der Waals surface area (Å²) < 4.78 is 12.1. The molecule has 278 valence electrons. The summed E-state index contributed by atoms with van der Waals surface area (Å²) in [5.74, 6) is 9.88. The standard InChI is InChI=1S/C49H46N4O2Si/c1-9-27-54-45-12-11-13-46(55-28-10-2)49(45)48-43-24-20-39(52-43)30-37-18-22-41(50-37)47(42-23-19-38(51-42)31-40-21-25-44(48)53-40)36-16-14-35(15-17-36)26-29-56(32(3)4,33(5)6)34(7)8/h1-2,11-25,30-34,50,53H,27-28H2,3-8H3. The molecule has 0 aliphatic carbocycles. The van der Waals surface area contributed by atoms with Crippen LogP contribution in [0.3, 0.4) is 0 Å². The van der Waals surface area contributed by atoms with Crippen molar-refractivity contribution in [3.05, 3.63) is 107 Å². The molecule has 0 spiro atoms. The van der Waals surface area contributed by atoms with Gasteiger partial charge in [0, 0.05) is 38.8 Å². The number of ether oxygens (including phenoxy) is 2. The van der Waals surface area contributed by atoms with Crippen molar-refractivity contribution >= 4 is 54.4 Å². The first kappa shape index (κ1) is 37.8. The Hall–Kier alpha value is -6.46. The van der Waals surface area contributed by atoms with E-state index in [1.165, 1.54) is 0 Å². The molecule has 0 fully saturated rings. The highest BCUT2D eigenvalue weighted by Crippen LogP contribution is 2.43. The molecule has 0 unspecified atom stereocenters. The van der Waals surface area contributed by atoms with E-state index in [2.05, 4.69) is 117 Å². The molecule has 2 aromatic carbocycles. The Balaban J connectivity index is 1.41. The Morgan fingerprint density at radius 3 is 1.61 bits per heavy atom. The van der Waals surface area contributed by atoms with Gasteiger partial charge in [0.15, 0.2) is 0 Å². The van der Waals surface area contributed by atoms with E-state index in [-0.39, 0.29) is 13.2 Å². The van der Waals surface area contributed by atoms with Crippen LogP contribution in [0.2, 0.25) is 16.6 Å². The Morgan fingerprint density at radius 1 is 0.607 bits per heavy atom. The molecule has 0 saturated carbocycles. The molecular formula is C49H46N4O2Si. The second-order valence-electron chi connectivity index (χ2n) is 15.0. The first-order valence-electron chi connectivity index (χ1n) is 19.1. The zero-order valence-electron chi connectivity index (χ0n) is 32.8. The second kappa shape index (κ2) is 16.1. The molecule has 6 nitrogen and oxygen atoms in total. The molecule has 56 heavy (non-hydrogen) atoms. The van der Waals surface area contributed by atoms with Crippen LogP contribution >= 0.6 is 0 Å². The van der Waals surface area contributed by atoms with Crippen molar-refractivity contribution in [3.8, 4) is 69.9 Å². The average molecular weight is 751 g/mol. The third kappa shape index (κ3) is 7.45. The van der Waals surface area contributed by atoms with Gasteiger partial charge in [-0.1, -0.05) is 77.5 Å². The lowest BCUT2D eigenvalue weighted by molar-refractivity contribution is 0.354. The summed E-state index contributed by atoms with van der Waals surface area (Å²) in [6, 6.07) is 26.5. The third-order valence-corrected chi connectivity index (χ3v) is 17.0. The normalized spacial score (nSPS) is 12.1. The van der Waals surface area contributed by atoms with Gasteiger partial charge in [0.2, 0.25) is 0 Å². The van der Waals surface area contributed by atoms with Gasteiger partial charge < -0.3 is 19.4 Å². The van der Waals surface area contributed by atoms with E-state index in [9.17, 15) is 0 Å². The highest BCUT2D eigenvalue weighted by molar-refractivity contribution is 6.90. The fourth-order valence-electron chi connectivity index (χ4n) is 8.21. The van der Waals surface area contributed by atoms with E-state index >= 15 is 0 Å². The Kier molecular flexibility index (Phi) is 10.9. The molecule has 7 heteroatoms. The molecule has 3 aromatic heterocycles. The maximum absolute atomic E-state index is 6.07. The monoisotopic (exact) mass is 750 g/mol. The Morgan fingerprint density at radius 2 is 1.11 bits per heavy atom. The predicted octanol–water partition coefficient (Wildman–Crippen LogP) is 11.6. The number of aromatic amines is 2. The number of hydrogen-bond donors (Lipinski definition) is 2. The number of aromatic nitrogens is 4. The number of terminal acetylenes is 2. The van der Waals surface area contributed by atoms with Gasteiger partial charge in [0.05, 0.1) is 28.3 Å². The first-order valence-corrected chi connectivity index (χ1v) is 21.3. The lowest BCUT2D eigenvalue weighted by atomic mass is 10.0. The minimum Gasteiger partial charge on any atom is -0.480 e. The van der Waals surface area contributed by atoms with Crippen molar-refractivity contribution in [2.45, 2.75) is 58.2 Å². The van der Waals surface area contributed by atoms with E-state index in [4.69, 9.17) is 32.3 Å². The summed E-state index contributed by atoms with van der Waals surface area (Å²) in [7, 11) is -1.86. The minimum atomic E-state index is -1.86. The summed E-state index contributed by atoms with van der Waals surface area (Å²) >= 11 is 0. The van der Waals surface area contributed by atoms with Gasteiger partial charge in [0.1, 0.15) is 32.8 Å². The van der Waals surface area contributed by atoms with Crippen LogP contribution in [-0.4, -0.2) is 41.2 Å². The molecule has 5 aromatic rings. The molecule has 2 N–H and O–H groups in total. The largest absolute Gasteiger partial charge is 0.480 e. The van der Waals surface area contributed by atoms with Crippen LogP contribution in [0.5, 0.6) is 11.5 Å². The molecule has 7 rings (SSSR count). The minimum absolute atomic E-state index is 0.0877. The van der Waals surface area contributed by atoms with Crippen LogP contribution in [-0.2, 0) is 0 Å². The molecule has 8 bridgehead atoms.